The van der Waals surface area contributed by atoms with Gasteiger partial charge in [-0.3, -0.25) is 4.79 Å². The van der Waals surface area contributed by atoms with E-state index in [1.807, 2.05) is 0 Å². The van der Waals surface area contributed by atoms with Gasteiger partial charge in [-0.05, 0) is 53.5 Å². The van der Waals surface area contributed by atoms with Gasteiger partial charge in [0.2, 0.25) is 0 Å². The van der Waals surface area contributed by atoms with Crippen LogP contribution in [-0.2, 0) is 0 Å². The lowest BCUT2D eigenvalue weighted by molar-refractivity contribution is -0.226. The van der Waals surface area contributed by atoms with Gasteiger partial charge < -0.3 is 10.6 Å². The molecule has 3 rings (SSSR count). The molecule has 126 valence electrons. The van der Waals surface area contributed by atoms with Crippen LogP contribution in [-0.4, -0.2) is 30.1 Å². The Morgan fingerprint density at radius 2 is 2.09 bits per heavy atom. The van der Waals surface area contributed by atoms with Crippen LogP contribution in [0.1, 0.15) is 29.6 Å². The SMILES string of the molecule is Nc1c(I)cc(F)cc1C(=O)N1C[C@@H]2CCC[C@]2(C(F)(F)F)C1. The molecule has 8 heteroatoms. The third kappa shape index (κ3) is 2.58. The number of halogens is 5. The molecule has 2 N–H and O–H groups in total. The van der Waals surface area contributed by atoms with Crippen LogP contribution in [0.3, 0.4) is 0 Å². The molecular formula is C15H15F4IN2O. The topological polar surface area (TPSA) is 46.3 Å². The summed E-state index contributed by atoms with van der Waals surface area (Å²) >= 11 is 1.80. The molecule has 0 radical (unpaired) electrons. The third-order valence-electron chi connectivity index (χ3n) is 5.05. The molecule has 0 unspecified atom stereocenters. The normalized spacial score (nSPS) is 27.3. The average molecular weight is 442 g/mol. The summed E-state index contributed by atoms with van der Waals surface area (Å²) in [6.07, 6.45) is -3.32. The molecule has 1 heterocycles. The molecular weight excluding hydrogens is 427 g/mol. The molecule has 0 spiro atoms. The summed E-state index contributed by atoms with van der Waals surface area (Å²) < 4.78 is 54.5. The van der Waals surface area contributed by atoms with Gasteiger partial charge in [0.15, 0.2) is 0 Å². The van der Waals surface area contributed by atoms with Crippen molar-refractivity contribution in [2.75, 3.05) is 18.8 Å². The van der Waals surface area contributed by atoms with Gasteiger partial charge in [-0.1, -0.05) is 6.42 Å². The first-order valence-electron chi connectivity index (χ1n) is 7.26. The Morgan fingerprint density at radius 1 is 1.39 bits per heavy atom. The molecule has 2 fully saturated rings. The maximum absolute atomic E-state index is 13.5. The van der Waals surface area contributed by atoms with E-state index in [0.717, 1.165) is 6.07 Å². The quantitative estimate of drug-likeness (QED) is 0.409. The lowest BCUT2D eigenvalue weighted by atomic mass is 9.80. The van der Waals surface area contributed by atoms with Crippen LogP contribution < -0.4 is 5.73 Å². The van der Waals surface area contributed by atoms with Crippen molar-refractivity contribution in [1.29, 1.82) is 0 Å². The highest BCUT2D eigenvalue weighted by Crippen LogP contribution is 2.57. The zero-order chi connectivity index (χ0) is 17.0. The van der Waals surface area contributed by atoms with Crippen molar-refractivity contribution in [2.24, 2.45) is 11.3 Å². The smallest absolute Gasteiger partial charge is 0.396 e. The Balaban J connectivity index is 1.92. The lowest BCUT2D eigenvalue weighted by Gasteiger charge is -2.31. The number of benzene rings is 1. The van der Waals surface area contributed by atoms with Crippen molar-refractivity contribution in [2.45, 2.75) is 25.4 Å². The Hall–Kier alpha value is -1.06. The fraction of sp³-hybridized carbons (Fsp3) is 0.533. The van der Waals surface area contributed by atoms with E-state index in [2.05, 4.69) is 0 Å². The van der Waals surface area contributed by atoms with Crippen molar-refractivity contribution >= 4 is 34.2 Å². The molecule has 1 saturated carbocycles. The van der Waals surface area contributed by atoms with E-state index in [9.17, 15) is 22.4 Å². The van der Waals surface area contributed by atoms with Crippen molar-refractivity contribution in [3.05, 3.63) is 27.1 Å². The molecule has 2 atom stereocenters. The minimum Gasteiger partial charge on any atom is -0.397 e. The van der Waals surface area contributed by atoms with Gasteiger partial charge in [0.1, 0.15) is 5.82 Å². The molecule has 0 aromatic heterocycles. The molecule has 1 aromatic carbocycles. The summed E-state index contributed by atoms with van der Waals surface area (Å²) in [6.45, 7) is -0.322. The van der Waals surface area contributed by atoms with Crippen LogP contribution in [0.5, 0.6) is 0 Å². The first-order valence-corrected chi connectivity index (χ1v) is 8.34. The van der Waals surface area contributed by atoms with E-state index < -0.39 is 29.2 Å². The van der Waals surface area contributed by atoms with Crippen molar-refractivity contribution in [3.8, 4) is 0 Å². The van der Waals surface area contributed by atoms with Gasteiger partial charge in [-0.15, -0.1) is 0 Å². The highest BCUT2D eigenvalue weighted by molar-refractivity contribution is 14.1. The number of alkyl halides is 3. The number of nitrogens with two attached hydrogens (primary N) is 1. The fourth-order valence-corrected chi connectivity index (χ4v) is 4.43. The maximum Gasteiger partial charge on any atom is 0.396 e. The van der Waals surface area contributed by atoms with E-state index in [4.69, 9.17) is 5.73 Å². The van der Waals surface area contributed by atoms with Crippen LogP contribution in [0.15, 0.2) is 12.1 Å². The number of fused-ring (bicyclic) bond motifs is 1. The summed E-state index contributed by atoms with van der Waals surface area (Å²) in [5, 5.41) is 0. The second-order valence-electron chi connectivity index (χ2n) is 6.28. The number of rotatable bonds is 1. The van der Waals surface area contributed by atoms with Crippen LogP contribution in [0, 0.1) is 20.7 Å². The number of likely N-dealkylation sites (tertiary alicyclic amines) is 1. The lowest BCUT2D eigenvalue weighted by Crippen LogP contribution is -2.42. The molecule has 1 aliphatic heterocycles. The number of amides is 1. The summed E-state index contributed by atoms with van der Waals surface area (Å²) in [6, 6.07) is 2.18. The summed E-state index contributed by atoms with van der Waals surface area (Å²) in [7, 11) is 0. The average Bonchev–Trinajstić information content (AvgIpc) is 2.99. The molecule has 2 aliphatic rings. The predicted octanol–water partition coefficient (Wildman–Crippen LogP) is 3.82. The number of anilines is 1. The second-order valence-corrected chi connectivity index (χ2v) is 7.44. The van der Waals surface area contributed by atoms with Crippen molar-refractivity contribution in [3.63, 3.8) is 0 Å². The molecule has 3 nitrogen and oxygen atoms in total. The number of carbonyl (C=O) groups excluding carboxylic acids is 1. The molecule has 1 saturated heterocycles. The minimum atomic E-state index is -4.34. The Kier molecular flexibility index (Phi) is 4.01. The van der Waals surface area contributed by atoms with Crippen molar-refractivity contribution < 1.29 is 22.4 Å². The molecule has 1 aromatic rings. The first-order chi connectivity index (χ1) is 10.7. The number of hydrogen-bond acceptors (Lipinski definition) is 2. The summed E-state index contributed by atoms with van der Waals surface area (Å²) in [5.74, 6) is -1.84. The minimum absolute atomic E-state index is 0.0428. The van der Waals surface area contributed by atoms with E-state index in [0.29, 0.717) is 16.4 Å². The van der Waals surface area contributed by atoms with E-state index in [1.54, 1.807) is 22.6 Å². The van der Waals surface area contributed by atoms with Gasteiger partial charge in [0.25, 0.3) is 5.91 Å². The highest BCUT2D eigenvalue weighted by Gasteiger charge is 2.65. The van der Waals surface area contributed by atoms with Gasteiger partial charge in [-0.25, -0.2) is 4.39 Å². The zero-order valence-electron chi connectivity index (χ0n) is 12.1. The Bertz CT molecular complexity index is 664. The van der Waals surface area contributed by atoms with Crippen LogP contribution >= 0.6 is 22.6 Å². The number of nitrogens with zero attached hydrogens (tertiary/aromatic N) is 1. The summed E-state index contributed by atoms with van der Waals surface area (Å²) in [4.78, 5) is 13.8. The zero-order valence-corrected chi connectivity index (χ0v) is 14.2. The number of carbonyl (C=O) groups is 1. The Labute approximate surface area is 144 Å². The summed E-state index contributed by atoms with van der Waals surface area (Å²) in [5.41, 5.74) is 4.03. The first kappa shape index (κ1) is 16.8. The highest BCUT2D eigenvalue weighted by atomic mass is 127. The molecule has 1 amide bonds. The van der Waals surface area contributed by atoms with Crippen molar-refractivity contribution in [1.82, 2.24) is 4.90 Å². The van der Waals surface area contributed by atoms with E-state index in [-0.39, 0.29) is 30.8 Å². The molecule has 0 bridgehead atoms. The van der Waals surface area contributed by atoms with Crippen LogP contribution in [0.25, 0.3) is 0 Å². The third-order valence-corrected chi connectivity index (χ3v) is 5.94. The maximum atomic E-state index is 13.5. The molecule has 23 heavy (non-hydrogen) atoms. The van der Waals surface area contributed by atoms with Gasteiger partial charge in [0, 0.05) is 16.7 Å². The van der Waals surface area contributed by atoms with Crippen LogP contribution in [0.4, 0.5) is 23.2 Å². The standard InChI is InChI=1S/C15H15F4IN2O/c16-9-4-10(12(21)11(20)5-9)13(23)22-6-8-2-1-3-14(8,7-22)15(17,18)19/h4-5,8H,1-3,6-7,21H2/t8-,14-/m0/s1. The predicted molar refractivity (Wildman–Crippen MR) is 85.3 cm³/mol. The number of nitrogen functional groups attached to an aromatic ring is 1. The van der Waals surface area contributed by atoms with E-state index in [1.165, 1.54) is 11.0 Å². The van der Waals surface area contributed by atoms with Gasteiger partial charge in [0.05, 0.1) is 16.7 Å². The van der Waals surface area contributed by atoms with E-state index >= 15 is 0 Å². The largest absolute Gasteiger partial charge is 0.397 e. The molecule has 1 aliphatic carbocycles. The Morgan fingerprint density at radius 3 is 2.70 bits per heavy atom. The second kappa shape index (κ2) is 5.49. The van der Waals surface area contributed by atoms with Crippen LogP contribution in [0.2, 0.25) is 0 Å². The monoisotopic (exact) mass is 442 g/mol. The van der Waals surface area contributed by atoms with Gasteiger partial charge >= 0.3 is 6.18 Å². The fourth-order valence-electron chi connectivity index (χ4n) is 3.84. The number of hydrogen-bond donors (Lipinski definition) is 1. The van der Waals surface area contributed by atoms with Gasteiger partial charge in [-0.2, -0.15) is 13.2 Å².